The molecule has 5 heteroatoms. The number of aromatic carboxylic acids is 1. The van der Waals surface area contributed by atoms with Crippen LogP contribution in [-0.2, 0) is 0 Å². The number of hydrogen-bond donors (Lipinski definition) is 2. The van der Waals surface area contributed by atoms with Gasteiger partial charge in [0.15, 0.2) is 0 Å². The van der Waals surface area contributed by atoms with Gasteiger partial charge < -0.3 is 10.1 Å². The average Bonchev–Trinajstić information content (AvgIpc) is 2.52. The third-order valence-corrected chi connectivity index (χ3v) is 3.76. The zero-order chi connectivity index (χ0) is 15.3. The lowest BCUT2D eigenvalue weighted by molar-refractivity contribution is 0.0683. The molecule has 0 atom stereocenters. The molecule has 0 saturated carbocycles. The number of fused-ring (bicyclic) bond motifs is 4. The van der Waals surface area contributed by atoms with Crippen molar-refractivity contribution in [3.63, 3.8) is 0 Å². The van der Waals surface area contributed by atoms with E-state index in [4.69, 9.17) is 5.11 Å². The lowest BCUT2D eigenvalue weighted by Gasteiger charge is -2.06. The Labute approximate surface area is 123 Å². The minimum absolute atomic E-state index is 0.349. The van der Waals surface area contributed by atoms with Crippen LogP contribution in [0.25, 0.3) is 32.4 Å². The topological polar surface area (TPSA) is 83.0 Å². The summed E-state index contributed by atoms with van der Waals surface area (Å²) in [5.41, 5.74) is -0.0628. The molecule has 0 radical (unpaired) electrons. The Morgan fingerprint density at radius 3 is 2.45 bits per heavy atom. The molecule has 0 unspecified atom stereocenters. The fraction of sp³-hybridized carbons (Fsp3) is 0. The first kappa shape index (κ1) is 12.5. The normalized spacial score (nSPS) is 11.3. The minimum atomic E-state index is -1.25. The van der Waals surface area contributed by atoms with Crippen molar-refractivity contribution in [2.45, 2.75) is 0 Å². The molecule has 3 aromatic carbocycles. The highest BCUT2D eigenvalue weighted by Crippen LogP contribution is 2.26. The summed E-state index contributed by atoms with van der Waals surface area (Å²) >= 11 is 0. The van der Waals surface area contributed by atoms with Crippen LogP contribution in [0.3, 0.4) is 0 Å². The summed E-state index contributed by atoms with van der Waals surface area (Å²) in [4.78, 5) is 29.6. The van der Waals surface area contributed by atoms with Gasteiger partial charge in [-0.1, -0.05) is 30.3 Å². The Hall–Kier alpha value is -3.21. The van der Waals surface area contributed by atoms with Gasteiger partial charge >= 0.3 is 5.97 Å². The quantitative estimate of drug-likeness (QED) is 0.417. The Morgan fingerprint density at radius 1 is 1.00 bits per heavy atom. The van der Waals surface area contributed by atoms with Gasteiger partial charge in [-0.05, 0) is 39.7 Å². The van der Waals surface area contributed by atoms with E-state index in [2.05, 4.69) is 9.97 Å². The summed E-state index contributed by atoms with van der Waals surface area (Å²) in [6.45, 7) is 0. The Bertz CT molecular complexity index is 1130. The van der Waals surface area contributed by atoms with Gasteiger partial charge in [0, 0.05) is 0 Å². The van der Waals surface area contributed by atoms with E-state index in [9.17, 15) is 9.59 Å². The van der Waals surface area contributed by atoms with Gasteiger partial charge in [-0.2, -0.15) is 0 Å². The third kappa shape index (κ3) is 1.76. The number of benzene rings is 3. The van der Waals surface area contributed by atoms with Crippen LogP contribution in [0.5, 0.6) is 0 Å². The monoisotopic (exact) mass is 290 g/mol. The number of rotatable bonds is 1. The minimum Gasteiger partial charge on any atom is -0.475 e. The summed E-state index contributed by atoms with van der Waals surface area (Å²) in [6.07, 6.45) is 0. The van der Waals surface area contributed by atoms with E-state index in [1.54, 1.807) is 6.07 Å². The Balaban J connectivity index is 2.20. The molecule has 0 bridgehead atoms. The first-order valence-corrected chi connectivity index (χ1v) is 6.72. The van der Waals surface area contributed by atoms with Crippen LogP contribution in [0.15, 0.2) is 53.3 Å². The summed E-state index contributed by atoms with van der Waals surface area (Å²) in [6, 6.07) is 15.3. The molecule has 2 N–H and O–H groups in total. The van der Waals surface area contributed by atoms with Gasteiger partial charge in [-0.15, -0.1) is 0 Å². The lowest BCUT2D eigenvalue weighted by Crippen LogP contribution is -2.15. The van der Waals surface area contributed by atoms with E-state index in [0.29, 0.717) is 10.9 Å². The Morgan fingerprint density at radius 2 is 1.73 bits per heavy atom. The highest BCUT2D eigenvalue weighted by molar-refractivity contribution is 6.11. The van der Waals surface area contributed by atoms with Crippen LogP contribution >= 0.6 is 0 Å². The number of carboxylic acids is 1. The van der Waals surface area contributed by atoms with E-state index in [-0.39, 0.29) is 5.82 Å². The highest BCUT2D eigenvalue weighted by atomic mass is 16.4. The molecule has 4 aromatic rings. The van der Waals surface area contributed by atoms with Crippen molar-refractivity contribution in [1.82, 2.24) is 9.97 Å². The molecule has 0 saturated heterocycles. The maximum Gasteiger partial charge on any atom is 0.372 e. The number of nitrogens with one attached hydrogen (secondary N) is 1. The number of hydrogen-bond acceptors (Lipinski definition) is 3. The van der Waals surface area contributed by atoms with Crippen LogP contribution in [-0.4, -0.2) is 21.0 Å². The van der Waals surface area contributed by atoms with Gasteiger partial charge in [0.1, 0.15) is 0 Å². The van der Waals surface area contributed by atoms with Crippen LogP contribution in [0.4, 0.5) is 0 Å². The van der Waals surface area contributed by atoms with E-state index in [0.717, 1.165) is 21.5 Å². The molecule has 4 rings (SSSR count). The van der Waals surface area contributed by atoms with E-state index in [1.165, 1.54) is 0 Å². The second-order valence-electron chi connectivity index (χ2n) is 5.10. The third-order valence-electron chi connectivity index (χ3n) is 3.76. The van der Waals surface area contributed by atoms with Crippen molar-refractivity contribution in [2.75, 3.05) is 0 Å². The van der Waals surface area contributed by atoms with Gasteiger partial charge in [0.05, 0.1) is 10.9 Å². The summed E-state index contributed by atoms with van der Waals surface area (Å²) in [5, 5.41) is 13.2. The predicted octanol–water partition coefficient (Wildman–Crippen LogP) is 2.93. The molecule has 106 valence electrons. The average molecular weight is 290 g/mol. The smallest absolute Gasteiger partial charge is 0.372 e. The molecule has 5 nitrogen and oxygen atoms in total. The zero-order valence-electron chi connectivity index (χ0n) is 11.3. The maximum absolute atomic E-state index is 12.3. The number of aromatic amines is 1. The SMILES string of the molecule is O=C(O)c1nc2ccc3cc4ccccc4cc3c2c(=O)[nH]1. The number of aromatic nitrogens is 2. The number of H-pyrrole nitrogens is 1. The van der Waals surface area contributed by atoms with Gasteiger partial charge in [-0.25, -0.2) is 9.78 Å². The molecule has 0 fully saturated rings. The molecule has 0 spiro atoms. The van der Waals surface area contributed by atoms with Crippen LogP contribution in [0, 0.1) is 0 Å². The number of nitrogens with zero attached hydrogens (tertiary/aromatic N) is 1. The predicted molar refractivity (Wildman–Crippen MR) is 84.3 cm³/mol. The van der Waals surface area contributed by atoms with Gasteiger partial charge in [-0.3, -0.25) is 4.79 Å². The van der Waals surface area contributed by atoms with Crippen LogP contribution < -0.4 is 5.56 Å². The summed E-state index contributed by atoms with van der Waals surface area (Å²) < 4.78 is 0. The molecule has 0 aliphatic heterocycles. The maximum atomic E-state index is 12.3. The fourth-order valence-corrected chi connectivity index (χ4v) is 2.75. The molecule has 1 aromatic heterocycles. The molecular weight excluding hydrogens is 280 g/mol. The first-order chi connectivity index (χ1) is 10.6. The highest BCUT2D eigenvalue weighted by Gasteiger charge is 2.12. The fourth-order valence-electron chi connectivity index (χ4n) is 2.75. The van der Waals surface area contributed by atoms with Crippen LogP contribution in [0.1, 0.15) is 10.6 Å². The zero-order valence-corrected chi connectivity index (χ0v) is 11.3. The molecule has 0 aliphatic rings. The van der Waals surface area contributed by atoms with E-state index >= 15 is 0 Å². The molecule has 1 heterocycles. The lowest BCUT2D eigenvalue weighted by atomic mass is 10.0. The molecule has 0 amide bonds. The van der Waals surface area contributed by atoms with Crippen molar-refractivity contribution >= 4 is 38.4 Å². The molecular formula is C17H10N2O3. The van der Waals surface area contributed by atoms with Crippen LogP contribution in [0.2, 0.25) is 0 Å². The van der Waals surface area contributed by atoms with Crippen molar-refractivity contribution in [3.8, 4) is 0 Å². The molecule has 22 heavy (non-hydrogen) atoms. The second-order valence-corrected chi connectivity index (χ2v) is 5.10. The van der Waals surface area contributed by atoms with E-state index < -0.39 is 11.5 Å². The van der Waals surface area contributed by atoms with Crippen molar-refractivity contribution in [2.24, 2.45) is 0 Å². The largest absolute Gasteiger partial charge is 0.475 e. The molecule has 0 aliphatic carbocycles. The van der Waals surface area contributed by atoms with Crippen molar-refractivity contribution < 1.29 is 9.90 Å². The second kappa shape index (κ2) is 4.39. The number of carboxylic acid groups (broad SMARTS) is 1. The van der Waals surface area contributed by atoms with Crippen molar-refractivity contribution in [3.05, 3.63) is 64.7 Å². The van der Waals surface area contributed by atoms with Gasteiger partial charge in [0.25, 0.3) is 5.56 Å². The van der Waals surface area contributed by atoms with Crippen molar-refractivity contribution in [1.29, 1.82) is 0 Å². The standard InChI is InChI=1S/C17H10N2O3/c20-16-14-12-8-10-4-2-1-3-9(10)7-11(12)5-6-13(14)18-15(19-16)17(21)22/h1-8H,(H,21,22)(H,18,19,20). The number of carbonyl (C=O) groups is 1. The summed E-state index contributed by atoms with van der Waals surface area (Å²) in [5.74, 6) is -1.60. The first-order valence-electron chi connectivity index (χ1n) is 6.72. The Kier molecular flexibility index (Phi) is 2.50. The van der Waals surface area contributed by atoms with E-state index in [1.807, 2.05) is 42.5 Å². The summed E-state index contributed by atoms with van der Waals surface area (Å²) in [7, 11) is 0. The van der Waals surface area contributed by atoms with Gasteiger partial charge in [0.2, 0.25) is 5.82 Å².